The second kappa shape index (κ2) is 7.31. The first kappa shape index (κ1) is 17.3. The van der Waals surface area contributed by atoms with Crippen LogP contribution < -0.4 is 4.90 Å². The molecule has 1 fully saturated rings. The smallest absolute Gasteiger partial charge is 0.255 e. The summed E-state index contributed by atoms with van der Waals surface area (Å²) in [6.07, 6.45) is 3.28. The molecule has 0 radical (unpaired) electrons. The van der Waals surface area contributed by atoms with Gasteiger partial charge in [-0.15, -0.1) is 15.3 Å². The first-order valence-corrected chi connectivity index (χ1v) is 9.52. The zero-order valence-electron chi connectivity index (χ0n) is 15.7. The summed E-state index contributed by atoms with van der Waals surface area (Å²) in [5.41, 5.74) is 2.30. The number of hydrogen-bond acceptors (Lipinski definition) is 6. The molecular formula is C21H19N7O. The van der Waals surface area contributed by atoms with E-state index in [1.165, 1.54) is 0 Å². The van der Waals surface area contributed by atoms with Gasteiger partial charge in [-0.25, -0.2) is 0 Å². The van der Waals surface area contributed by atoms with Crippen LogP contribution in [0.2, 0.25) is 0 Å². The molecule has 1 aliphatic rings. The van der Waals surface area contributed by atoms with Crippen molar-refractivity contribution in [3.63, 3.8) is 0 Å². The Labute approximate surface area is 167 Å². The molecule has 144 valence electrons. The van der Waals surface area contributed by atoms with E-state index in [0.29, 0.717) is 43.2 Å². The fourth-order valence-electron chi connectivity index (χ4n) is 3.53. The maximum absolute atomic E-state index is 12.6. The Bertz CT molecular complexity index is 1140. The highest BCUT2D eigenvalue weighted by Gasteiger charge is 2.23. The third-order valence-electron chi connectivity index (χ3n) is 5.08. The minimum Gasteiger partial charge on any atom is -0.352 e. The van der Waals surface area contributed by atoms with Crippen molar-refractivity contribution in [3.8, 4) is 11.4 Å². The van der Waals surface area contributed by atoms with E-state index in [4.69, 9.17) is 5.10 Å². The number of rotatable bonds is 3. The number of benzene rings is 1. The predicted molar refractivity (Wildman–Crippen MR) is 109 cm³/mol. The van der Waals surface area contributed by atoms with E-state index >= 15 is 0 Å². The van der Waals surface area contributed by atoms with E-state index < -0.39 is 0 Å². The number of nitrogens with zero attached hydrogens (tertiary/aromatic N) is 7. The lowest BCUT2D eigenvalue weighted by Gasteiger charge is -2.35. The lowest BCUT2D eigenvalue weighted by Crippen LogP contribution is -2.49. The van der Waals surface area contributed by atoms with Gasteiger partial charge in [0.2, 0.25) is 0 Å². The highest BCUT2D eigenvalue weighted by molar-refractivity contribution is 5.94. The first-order chi connectivity index (χ1) is 14.3. The van der Waals surface area contributed by atoms with Crippen LogP contribution in [0.4, 0.5) is 5.82 Å². The highest BCUT2D eigenvalue weighted by Crippen LogP contribution is 2.20. The number of pyridine rings is 1. The standard InChI is InChI=1S/C21H19N7O/c29-21(17-7-4-10-22-15-17)27-13-11-26(12-14-27)19-9-8-18-23-24-20(28(18)25-19)16-5-2-1-3-6-16/h1-10,15H,11-14H2. The van der Waals surface area contributed by atoms with E-state index in [1.807, 2.05) is 47.4 Å². The van der Waals surface area contributed by atoms with Gasteiger partial charge in [-0.05, 0) is 24.3 Å². The molecule has 4 heterocycles. The molecule has 0 bridgehead atoms. The molecule has 8 nitrogen and oxygen atoms in total. The molecule has 0 saturated carbocycles. The number of anilines is 1. The summed E-state index contributed by atoms with van der Waals surface area (Å²) in [7, 11) is 0. The second-order valence-corrected chi connectivity index (χ2v) is 6.87. The number of hydrogen-bond donors (Lipinski definition) is 0. The summed E-state index contributed by atoms with van der Waals surface area (Å²) >= 11 is 0. The number of fused-ring (bicyclic) bond motifs is 1. The van der Waals surface area contributed by atoms with Gasteiger partial charge in [-0.3, -0.25) is 9.78 Å². The molecule has 0 aliphatic carbocycles. The van der Waals surface area contributed by atoms with Gasteiger partial charge in [0, 0.05) is 44.1 Å². The molecular weight excluding hydrogens is 366 g/mol. The Morgan fingerprint density at radius 3 is 2.45 bits per heavy atom. The van der Waals surface area contributed by atoms with Gasteiger partial charge >= 0.3 is 0 Å². The summed E-state index contributed by atoms with van der Waals surface area (Å²) in [6, 6.07) is 17.4. The summed E-state index contributed by atoms with van der Waals surface area (Å²) in [6.45, 7) is 2.71. The van der Waals surface area contributed by atoms with E-state index in [2.05, 4.69) is 20.1 Å². The van der Waals surface area contributed by atoms with Crippen molar-refractivity contribution in [2.45, 2.75) is 0 Å². The maximum Gasteiger partial charge on any atom is 0.255 e. The van der Waals surface area contributed by atoms with Crippen molar-refractivity contribution in [2.75, 3.05) is 31.1 Å². The minimum atomic E-state index is 0.0198. The van der Waals surface area contributed by atoms with Gasteiger partial charge in [-0.1, -0.05) is 30.3 Å². The average Bonchev–Trinajstić information content (AvgIpc) is 3.23. The number of aromatic nitrogens is 5. The quantitative estimate of drug-likeness (QED) is 0.538. The van der Waals surface area contributed by atoms with Crippen LogP contribution in [0.15, 0.2) is 67.0 Å². The van der Waals surface area contributed by atoms with Gasteiger partial charge in [0.1, 0.15) is 5.82 Å². The topological polar surface area (TPSA) is 79.5 Å². The van der Waals surface area contributed by atoms with Gasteiger partial charge in [0.05, 0.1) is 5.56 Å². The molecule has 4 aromatic rings. The number of piperazine rings is 1. The zero-order chi connectivity index (χ0) is 19.6. The first-order valence-electron chi connectivity index (χ1n) is 9.52. The molecule has 0 N–H and O–H groups in total. The van der Waals surface area contributed by atoms with Gasteiger partial charge in [0.15, 0.2) is 11.5 Å². The number of amides is 1. The normalized spacial score (nSPS) is 14.3. The SMILES string of the molecule is O=C(c1cccnc1)N1CCN(c2ccc3nnc(-c4ccccc4)n3n2)CC1. The number of carbonyl (C=O) groups excluding carboxylic acids is 1. The van der Waals surface area contributed by atoms with Crippen LogP contribution in [-0.2, 0) is 0 Å². The van der Waals surface area contributed by atoms with Crippen LogP contribution >= 0.6 is 0 Å². The molecule has 0 unspecified atom stereocenters. The van der Waals surface area contributed by atoms with Crippen molar-refractivity contribution in [2.24, 2.45) is 0 Å². The van der Waals surface area contributed by atoms with Crippen molar-refractivity contribution >= 4 is 17.4 Å². The molecule has 1 aromatic carbocycles. The van der Waals surface area contributed by atoms with E-state index in [0.717, 1.165) is 11.4 Å². The lowest BCUT2D eigenvalue weighted by atomic mass is 10.2. The van der Waals surface area contributed by atoms with Crippen molar-refractivity contribution in [1.29, 1.82) is 0 Å². The highest BCUT2D eigenvalue weighted by atomic mass is 16.2. The summed E-state index contributed by atoms with van der Waals surface area (Å²) in [5, 5.41) is 13.3. The van der Waals surface area contributed by atoms with Crippen molar-refractivity contribution in [1.82, 2.24) is 29.7 Å². The molecule has 1 aliphatic heterocycles. The minimum absolute atomic E-state index is 0.0198. The predicted octanol–water partition coefficient (Wildman–Crippen LogP) is 2.15. The summed E-state index contributed by atoms with van der Waals surface area (Å²) < 4.78 is 1.78. The van der Waals surface area contributed by atoms with Crippen LogP contribution in [0.3, 0.4) is 0 Å². The van der Waals surface area contributed by atoms with Gasteiger partial charge in [-0.2, -0.15) is 4.52 Å². The molecule has 0 spiro atoms. The van der Waals surface area contributed by atoms with Crippen LogP contribution in [-0.4, -0.2) is 61.8 Å². The Hall–Kier alpha value is -3.81. The zero-order valence-corrected chi connectivity index (χ0v) is 15.7. The Morgan fingerprint density at radius 2 is 1.69 bits per heavy atom. The van der Waals surface area contributed by atoms with E-state index in [-0.39, 0.29) is 5.91 Å². The molecule has 29 heavy (non-hydrogen) atoms. The Balaban J connectivity index is 1.35. The van der Waals surface area contributed by atoms with E-state index in [9.17, 15) is 4.79 Å². The molecule has 3 aromatic heterocycles. The third-order valence-corrected chi connectivity index (χ3v) is 5.08. The van der Waals surface area contributed by atoms with Gasteiger partial charge < -0.3 is 9.80 Å². The summed E-state index contributed by atoms with van der Waals surface area (Å²) in [4.78, 5) is 20.7. The van der Waals surface area contributed by atoms with Crippen LogP contribution in [0.25, 0.3) is 17.0 Å². The third kappa shape index (κ3) is 3.29. The number of carbonyl (C=O) groups is 1. The molecule has 0 atom stereocenters. The largest absolute Gasteiger partial charge is 0.352 e. The molecule has 1 amide bonds. The Morgan fingerprint density at radius 1 is 0.862 bits per heavy atom. The Kier molecular flexibility index (Phi) is 4.36. The maximum atomic E-state index is 12.6. The average molecular weight is 385 g/mol. The van der Waals surface area contributed by atoms with Crippen LogP contribution in [0, 0.1) is 0 Å². The van der Waals surface area contributed by atoms with Crippen molar-refractivity contribution in [3.05, 3.63) is 72.6 Å². The second-order valence-electron chi connectivity index (χ2n) is 6.87. The van der Waals surface area contributed by atoms with E-state index in [1.54, 1.807) is 29.0 Å². The van der Waals surface area contributed by atoms with Gasteiger partial charge in [0.25, 0.3) is 5.91 Å². The molecule has 1 saturated heterocycles. The lowest BCUT2D eigenvalue weighted by molar-refractivity contribution is 0.0746. The fourth-order valence-corrected chi connectivity index (χ4v) is 3.53. The van der Waals surface area contributed by atoms with Crippen molar-refractivity contribution < 1.29 is 4.79 Å². The summed E-state index contributed by atoms with van der Waals surface area (Å²) in [5.74, 6) is 1.59. The fraction of sp³-hybridized carbons (Fsp3) is 0.190. The van der Waals surface area contributed by atoms with Crippen LogP contribution in [0.1, 0.15) is 10.4 Å². The molecule has 8 heteroatoms. The monoisotopic (exact) mass is 385 g/mol. The van der Waals surface area contributed by atoms with Crippen LogP contribution in [0.5, 0.6) is 0 Å². The molecule has 5 rings (SSSR count).